The molecule has 98 valence electrons. The smallest absolute Gasteiger partial charge is 0.337 e. The lowest BCUT2D eigenvalue weighted by molar-refractivity contribution is 0.0695. The molecule has 1 aromatic heterocycles. The first-order valence-electron chi connectivity index (χ1n) is 6.34. The van der Waals surface area contributed by atoms with E-state index in [2.05, 4.69) is 15.2 Å². The molecule has 1 saturated heterocycles. The Kier molecular flexibility index (Phi) is 4.15. The molecule has 0 radical (unpaired) electrons. The molecule has 2 rings (SSSR count). The summed E-state index contributed by atoms with van der Waals surface area (Å²) in [5.74, 6) is -0.180. The topological polar surface area (TPSA) is 65.5 Å². The van der Waals surface area contributed by atoms with Gasteiger partial charge in [-0.15, -0.1) is 0 Å². The van der Waals surface area contributed by atoms with Gasteiger partial charge in [0.2, 0.25) is 0 Å². The number of aromatic nitrogens is 1. The fourth-order valence-corrected chi connectivity index (χ4v) is 2.23. The van der Waals surface area contributed by atoms with E-state index < -0.39 is 5.97 Å². The van der Waals surface area contributed by atoms with E-state index in [4.69, 9.17) is 5.11 Å². The monoisotopic (exact) mass is 249 g/mol. The van der Waals surface area contributed by atoms with Gasteiger partial charge in [-0.2, -0.15) is 0 Å². The number of likely N-dealkylation sites (tertiary alicyclic amines) is 1. The number of aryl methyl sites for hydroxylation is 1. The van der Waals surface area contributed by atoms with Crippen LogP contribution in [0.5, 0.6) is 0 Å². The molecule has 1 aliphatic rings. The lowest BCUT2D eigenvalue weighted by Gasteiger charge is -2.15. The molecule has 0 aliphatic carbocycles. The predicted octanol–water partition coefficient (Wildman–Crippen LogP) is 1.60. The van der Waals surface area contributed by atoms with Crippen molar-refractivity contribution in [2.24, 2.45) is 0 Å². The molecule has 2 heterocycles. The van der Waals surface area contributed by atoms with E-state index >= 15 is 0 Å². The molecule has 5 heteroatoms. The first-order valence-corrected chi connectivity index (χ1v) is 6.34. The van der Waals surface area contributed by atoms with E-state index in [9.17, 15) is 4.79 Å². The van der Waals surface area contributed by atoms with Gasteiger partial charge in [-0.05, 0) is 45.0 Å². The molecule has 18 heavy (non-hydrogen) atoms. The van der Waals surface area contributed by atoms with Crippen LogP contribution in [-0.4, -0.2) is 47.1 Å². The maximum Gasteiger partial charge on any atom is 0.337 e. The van der Waals surface area contributed by atoms with E-state index in [0.29, 0.717) is 5.69 Å². The van der Waals surface area contributed by atoms with Crippen molar-refractivity contribution in [3.8, 4) is 0 Å². The second-order valence-corrected chi connectivity index (χ2v) is 4.61. The molecule has 0 saturated carbocycles. The third kappa shape index (κ3) is 3.20. The Labute approximate surface area is 107 Å². The molecule has 0 aromatic carbocycles. The highest BCUT2D eigenvalue weighted by molar-refractivity contribution is 5.89. The summed E-state index contributed by atoms with van der Waals surface area (Å²) in [7, 11) is 0. The van der Waals surface area contributed by atoms with Crippen LogP contribution in [0.2, 0.25) is 0 Å². The van der Waals surface area contributed by atoms with Crippen molar-refractivity contribution < 1.29 is 9.90 Å². The molecular weight excluding hydrogens is 230 g/mol. The largest absolute Gasteiger partial charge is 0.478 e. The average Bonchev–Trinajstić information content (AvgIpc) is 2.81. The van der Waals surface area contributed by atoms with Gasteiger partial charge in [0, 0.05) is 13.1 Å². The molecule has 0 atom stereocenters. The van der Waals surface area contributed by atoms with Crippen LogP contribution in [0.15, 0.2) is 12.1 Å². The van der Waals surface area contributed by atoms with Crippen LogP contribution in [0.25, 0.3) is 0 Å². The average molecular weight is 249 g/mol. The Morgan fingerprint density at radius 2 is 2.17 bits per heavy atom. The van der Waals surface area contributed by atoms with Crippen LogP contribution in [-0.2, 0) is 0 Å². The molecule has 1 aromatic rings. The van der Waals surface area contributed by atoms with E-state index in [1.807, 2.05) is 0 Å². The van der Waals surface area contributed by atoms with Gasteiger partial charge < -0.3 is 15.3 Å². The first kappa shape index (κ1) is 12.8. The molecule has 5 nitrogen and oxygen atoms in total. The van der Waals surface area contributed by atoms with Crippen molar-refractivity contribution in [2.75, 3.05) is 31.5 Å². The van der Waals surface area contributed by atoms with Crippen molar-refractivity contribution in [3.05, 3.63) is 23.4 Å². The van der Waals surface area contributed by atoms with Gasteiger partial charge in [0.25, 0.3) is 0 Å². The Hall–Kier alpha value is -1.62. The second kappa shape index (κ2) is 5.82. The number of carboxylic acids is 1. The van der Waals surface area contributed by atoms with Gasteiger partial charge in [-0.3, -0.25) is 0 Å². The molecule has 0 unspecified atom stereocenters. The van der Waals surface area contributed by atoms with Crippen molar-refractivity contribution in [3.63, 3.8) is 0 Å². The fourth-order valence-electron chi connectivity index (χ4n) is 2.23. The highest BCUT2D eigenvalue weighted by Gasteiger charge is 2.11. The minimum atomic E-state index is -0.927. The number of anilines is 1. The molecular formula is C13H19N3O2. The normalized spacial score (nSPS) is 15.8. The van der Waals surface area contributed by atoms with Crippen LogP contribution in [0.1, 0.15) is 28.9 Å². The van der Waals surface area contributed by atoms with Gasteiger partial charge in [0.05, 0.1) is 11.3 Å². The zero-order chi connectivity index (χ0) is 13.0. The van der Waals surface area contributed by atoms with Crippen molar-refractivity contribution in [1.82, 2.24) is 9.88 Å². The van der Waals surface area contributed by atoms with Crippen molar-refractivity contribution in [1.29, 1.82) is 0 Å². The lowest BCUT2D eigenvalue weighted by atomic mass is 10.2. The van der Waals surface area contributed by atoms with Gasteiger partial charge >= 0.3 is 5.97 Å². The summed E-state index contributed by atoms with van der Waals surface area (Å²) in [6, 6.07) is 3.32. The maximum atomic E-state index is 10.9. The van der Waals surface area contributed by atoms with Crippen LogP contribution in [0.3, 0.4) is 0 Å². The van der Waals surface area contributed by atoms with Gasteiger partial charge in [0.15, 0.2) is 0 Å². The molecule has 2 N–H and O–H groups in total. The van der Waals surface area contributed by atoms with Crippen LogP contribution < -0.4 is 5.32 Å². The number of hydrogen-bond acceptors (Lipinski definition) is 4. The minimum Gasteiger partial charge on any atom is -0.478 e. The Morgan fingerprint density at radius 3 is 2.78 bits per heavy atom. The minimum absolute atomic E-state index is 0.264. The summed E-state index contributed by atoms with van der Waals surface area (Å²) in [6.45, 7) is 5.95. The molecule has 0 spiro atoms. The van der Waals surface area contributed by atoms with Crippen LogP contribution in [0.4, 0.5) is 5.82 Å². The summed E-state index contributed by atoms with van der Waals surface area (Å²) >= 11 is 0. The number of pyridine rings is 1. The third-order valence-electron chi connectivity index (χ3n) is 3.25. The summed E-state index contributed by atoms with van der Waals surface area (Å²) in [5.41, 5.74) is 0.814. The highest BCUT2D eigenvalue weighted by atomic mass is 16.4. The van der Waals surface area contributed by atoms with Gasteiger partial charge in [-0.25, -0.2) is 9.78 Å². The second-order valence-electron chi connectivity index (χ2n) is 4.61. The lowest BCUT2D eigenvalue weighted by Crippen LogP contribution is -2.26. The number of nitrogens with one attached hydrogen (secondary N) is 1. The molecule has 1 fully saturated rings. The third-order valence-corrected chi connectivity index (χ3v) is 3.25. The van der Waals surface area contributed by atoms with E-state index in [-0.39, 0.29) is 5.56 Å². The van der Waals surface area contributed by atoms with Crippen LogP contribution in [0, 0.1) is 6.92 Å². The SMILES string of the molecule is Cc1nc(NCCN2CCCC2)ccc1C(=O)O. The summed E-state index contributed by atoms with van der Waals surface area (Å²) in [6.07, 6.45) is 2.59. The number of carboxylic acid groups (broad SMARTS) is 1. The van der Waals surface area contributed by atoms with Crippen molar-refractivity contribution in [2.45, 2.75) is 19.8 Å². The van der Waals surface area contributed by atoms with Crippen LogP contribution >= 0.6 is 0 Å². The Morgan fingerprint density at radius 1 is 1.44 bits per heavy atom. The predicted molar refractivity (Wildman–Crippen MR) is 70.1 cm³/mol. The zero-order valence-corrected chi connectivity index (χ0v) is 10.6. The quantitative estimate of drug-likeness (QED) is 0.829. The van der Waals surface area contributed by atoms with E-state index in [1.54, 1.807) is 19.1 Å². The molecule has 0 bridgehead atoms. The number of carbonyl (C=O) groups is 1. The number of hydrogen-bond donors (Lipinski definition) is 2. The Bertz CT molecular complexity index is 428. The van der Waals surface area contributed by atoms with E-state index in [0.717, 1.165) is 18.9 Å². The summed E-state index contributed by atoms with van der Waals surface area (Å²) in [5, 5.41) is 12.1. The molecule has 0 amide bonds. The number of aromatic carboxylic acids is 1. The van der Waals surface area contributed by atoms with Crippen molar-refractivity contribution >= 4 is 11.8 Å². The zero-order valence-electron chi connectivity index (χ0n) is 10.6. The fraction of sp³-hybridized carbons (Fsp3) is 0.538. The maximum absolute atomic E-state index is 10.9. The van der Waals surface area contributed by atoms with Gasteiger partial charge in [0.1, 0.15) is 5.82 Å². The summed E-state index contributed by atoms with van der Waals surface area (Å²) in [4.78, 5) is 17.5. The first-order chi connectivity index (χ1) is 8.66. The standard InChI is InChI=1S/C13H19N3O2/c1-10-11(13(17)18)4-5-12(15-10)14-6-9-16-7-2-3-8-16/h4-5H,2-3,6-9H2,1H3,(H,14,15)(H,17,18). The molecule has 1 aliphatic heterocycles. The Balaban J connectivity index is 1.85. The van der Waals surface area contributed by atoms with E-state index in [1.165, 1.54) is 25.9 Å². The number of nitrogens with zero attached hydrogens (tertiary/aromatic N) is 2. The van der Waals surface area contributed by atoms with Gasteiger partial charge in [-0.1, -0.05) is 0 Å². The highest BCUT2D eigenvalue weighted by Crippen LogP contribution is 2.11. The number of rotatable bonds is 5. The summed E-state index contributed by atoms with van der Waals surface area (Å²) < 4.78 is 0.